The second-order valence-electron chi connectivity index (χ2n) is 5.01. The fraction of sp³-hybridized carbons (Fsp3) is 0.533. The lowest BCUT2D eigenvalue weighted by molar-refractivity contribution is 0.598. The van der Waals surface area contributed by atoms with Crippen LogP contribution in [-0.4, -0.2) is 39.5 Å². The number of sulfonamides is 1. The monoisotopic (exact) mass is 486 g/mol. The Morgan fingerprint density at radius 3 is 2.42 bits per heavy atom. The molecular weight excluding hydrogens is 459 g/mol. The first-order valence-electron chi connectivity index (χ1n) is 7.60. The lowest BCUT2D eigenvalue weighted by atomic mass is 10.2. The number of primary sulfonamides is 1. The Hall–Kier alpha value is -0.520. The Morgan fingerprint density at radius 2 is 1.88 bits per heavy atom. The van der Waals surface area contributed by atoms with E-state index in [9.17, 15) is 8.42 Å². The Morgan fingerprint density at radius 1 is 1.21 bits per heavy atom. The normalized spacial score (nSPS) is 11.7. The van der Waals surface area contributed by atoms with Crippen LogP contribution < -0.4 is 15.8 Å². The molecule has 0 saturated carbocycles. The number of thioether (sulfide) groups is 1. The number of hydrogen-bond donors (Lipinski definition) is 3. The van der Waals surface area contributed by atoms with Crippen LogP contribution in [0.3, 0.4) is 0 Å². The summed E-state index contributed by atoms with van der Waals surface area (Å²) < 4.78 is 22.4. The molecular formula is C15H27IN4O2S2. The summed E-state index contributed by atoms with van der Waals surface area (Å²) in [6, 6.07) is 6.46. The maximum atomic E-state index is 11.2. The number of nitrogens with two attached hydrogens (primary N) is 1. The van der Waals surface area contributed by atoms with Gasteiger partial charge in [0.25, 0.3) is 0 Å². The van der Waals surface area contributed by atoms with E-state index in [1.165, 1.54) is 24.3 Å². The molecule has 1 rings (SSSR count). The van der Waals surface area contributed by atoms with Crippen LogP contribution >= 0.6 is 35.7 Å². The van der Waals surface area contributed by atoms with Crippen molar-refractivity contribution in [1.29, 1.82) is 0 Å². The number of guanidine groups is 1. The van der Waals surface area contributed by atoms with Crippen molar-refractivity contribution >= 4 is 51.7 Å². The fourth-order valence-electron chi connectivity index (χ4n) is 1.87. The second kappa shape index (κ2) is 12.8. The van der Waals surface area contributed by atoms with Crippen LogP contribution in [0.4, 0.5) is 0 Å². The van der Waals surface area contributed by atoms with Crippen LogP contribution in [-0.2, 0) is 16.6 Å². The molecule has 0 fully saturated rings. The highest BCUT2D eigenvalue weighted by atomic mass is 127. The number of unbranched alkanes of at least 4 members (excludes halogenated alkanes) is 1. The number of aliphatic imine (C=N–C) groups is 1. The van der Waals surface area contributed by atoms with Gasteiger partial charge in [-0.3, -0.25) is 0 Å². The molecule has 4 N–H and O–H groups in total. The molecule has 0 aromatic heterocycles. The van der Waals surface area contributed by atoms with Crippen molar-refractivity contribution in [3.8, 4) is 0 Å². The van der Waals surface area contributed by atoms with E-state index in [0.29, 0.717) is 6.54 Å². The molecule has 0 saturated heterocycles. The van der Waals surface area contributed by atoms with Gasteiger partial charge in [-0.15, -0.1) is 24.0 Å². The van der Waals surface area contributed by atoms with Crippen LogP contribution in [0.15, 0.2) is 34.2 Å². The Kier molecular flexibility index (Phi) is 12.5. The highest BCUT2D eigenvalue weighted by Gasteiger charge is 2.06. The van der Waals surface area contributed by atoms with Crippen molar-refractivity contribution in [1.82, 2.24) is 10.6 Å². The first-order chi connectivity index (χ1) is 11.0. The average molecular weight is 486 g/mol. The van der Waals surface area contributed by atoms with Crippen LogP contribution in [0.25, 0.3) is 0 Å². The molecule has 6 nitrogen and oxygen atoms in total. The van der Waals surface area contributed by atoms with Crippen molar-refractivity contribution < 1.29 is 8.42 Å². The zero-order valence-electron chi connectivity index (χ0n) is 14.1. The number of benzene rings is 1. The third-order valence-electron chi connectivity index (χ3n) is 3.08. The van der Waals surface area contributed by atoms with Crippen molar-refractivity contribution in [2.24, 2.45) is 10.1 Å². The molecule has 0 aliphatic carbocycles. The summed E-state index contributed by atoms with van der Waals surface area (Å²) >= 11 is 1.86. The number of nitrogens with one attached hydrogen (secondary N) is 2. The van der Waals surface area contributed by atoms with Crippen molar-refractivity contribution in [2.75, 3.05) is 25.1 Å². The molecule has 0 bridgehead atoms. The summed E-state index contributed by atoms with van der Waals surface area (Å²) in [5.41, 5.74) is 0.928. The van der Waals surface area contributed by atoms with Gasteiger partial charge in [-0.25, -0.2) is 18.5 Å². The van der Waals surface area contributed by atoms with E-state index in [1.54, 1.807) is 12.1 Å². The van der Waals surface area contributed by atoms with Crippen molar-refractivity contribution in [3.63, 3.8) is 0 Å². The smallest absolute Gasteiger partial charge is 0.238 e. The van der Waals surface area contributed by atoms with Gasteiger partial charge in [-0.05, 0) is 49.5 Å². The lowest BCUT2D eigenvalue weighted by Gasteiger charge is -2.11. The molecule has 9 heteroatoms. The quantitative estimate of drug-likeness (QED) is 0.215. The highest BCUT2D eigenvalue weighted by molar-refractivity contribution is 14.0. The van der Waals surface area contributed by atoms with Gasteiger partial charge in [0.2, 0.25) is 10.0 Å². The van der Waals surface area contributed by atoms with Gasteiger partial charge >= 0.3 is 0 Å². The molecule has 1 aromatic carbocycles. The highest BCUT2D eigenvalue weighted by Crippen LogP contribution is 2.09. The van der Waals surface area contributed by atoms with Gasteiger partial charge in [0.05, 0.1) is 11.4 Å². The van der Waals surface area contributed by atoms with Crippen molar-refractivity contribution in [2.45, 2.75) is 31.2 Å². The Balaban J connectivity index is 0.00000529. The summed E-state index contributed by atoms with van der Waals surface area (Å²) in [4.78, 5) is 4.62. The van der Waals surface area contributed by atoms with E-state index in [-0.39, 0.29) is 28.9 Å². The van der Waals surface area contributed by atoms with E-state index in [2.05, 4.69) is 21.9 Å². The second-order valence-corrected chi connectivity index (χ2v) is 7.56. The minimum absolute atomic E-state index is 0. The molecule has 24 heavy (non-hydrogen) atoms. The lowest BCUT2D eigenvalue weighted by Crippen LogP contribution is -2.37. The fourth-order valence-corrected chi connectivity index (χ4v) is 2.88. The molecule has 0 aliphatic rings. The predicted octanol–water partition coefficient (Wildman–Crippen LogP) is 2.15. The Bertz CT molecular complexity index is 592. The van der Waals surface area contributed by atoms with E-state index >= 15 is 0 Å². The Labute approximate surface area is 166 Å². The largest absolute Gasteiger partial charge is 0.357 e. The topological polar surface area (TPSA) is 96.6 Å². The van der Waals surface area contributed by atoms with Crippen LogP contribution in [0.1, 0.15) is 25.3 Å². The van der Waals surface area contributed by atoms with Gasteiger partial charge in [-0.2, -0.15) is 11.8 Å². The number of hydrogen-bond acceptors (Lipinski definition) is 4. The molecule has 138 valence electrons. The third kappa shape index (κ3) is 9.70. The van der Waals surface area contributed by atoms with E-state index < -0.39 is 10.0 Å². The predicted molar refractivity (Wildman–Crippen MR) is 114 cm³/mol. The summed E-state index contributed by atoms with van der Waals surface area (Å²) in [5.74, 6) is 1.94. The van der Waals surface area contributed by atoms with E-state index in [4.69, 9.17) is 5.14 Å². The number of nitrogens with zero attached hydrogens (tertiary/aromatic N) is 1. The van der Waals surface area contributed by atoms with Crippen LogP contribution in [0.5, 0.6) is 0 Å². The van der Waals surface area contributed by atoms with Gasteiger partial charge in [0, 0.05) is 13.1 Å². The van der Waals surface area contributed by atoms with Crippen LogP contribution in [0, 0.1) is 0 Å². The molecule has 0 amide bonds. The molecule has 0 heterocycles. The average Bonchev–Trinajstić information content (AvgIpc) is 2.52. The van der Waals surface area contributed by atoms with E-state index in [0.717, 1.165) is 31.0 Å². The summed E-state index contributed by atoms with van der Waals surface area (Å²) in [6.07, 6.45) is 4.40. The first-order valence-corrected chi connectivity index (χ1v) is 10.5. The third-order valence-corrected chi connectivity index (χ3v) is 4.71. The molecule has 0 spiro atoms. The summed E-state index contributed by atoms with van der Waals surface area (Å²) in [6.45, 7) is 4.18. The molecule has 0 aliphatic heterocycles. The number of halogens is 1. The SMILES string of the molecule is CCNC(=NCc1ccc(S(N)(=O)=O)cc1)NCCCCSC.I. The minimum atomic E-state index is -3.64. The molecule has 0 atom stereocenters. The zero-order chi connectivity index (χ0) is 17.1. The standard InChI is InChI=1S/C15H26N4O2S2.HI/c1-3-17-15(18-10-4-5-11-22-2)19-12-13-6-8-14(9-7-13)23(16,20)21;/h6-9H,3-5,10-12H2,1-2H3,(H2,16,20,21)(H2,17,18,19);1H. The van der Waals surface area contributed by atoms with Gasteiger partial charge in [-0.1, -0.05) is 12.1 Å². The van der Waals surface area contributed by atoms with Gasteiger partial charge < -0.3 is 10.6 Å². The summed E-state index contributed by atoms with van der Waals surface area (Å²) in [5, 5.41) is 11.6. The number of rotatable bonds is 9. The summed E-state index contributed by atoms with van der Waals surface area (Å²) in [7, 11) is -3.64. The molecule has 0 unspecified atom stereocenters. The molecule has 0 radical (unpaired) electrons. The minimum Gasteiger partial charge on any atom is -0.357 e. The van der Waals surface area contributed by atoms with Crippen LogP contribution in [0.2, 0.25) is 0 Å². The van der Waals surface area contributed by atoms with E-state index in [1.807, 2.05) is 18.7 Å². The maximum absolute atomic E-state index is 11.2. The first kappa shape index (κ1) is 23.5. The van der Waals surface area contributed by atoms with Gasteiger partial charge in [0.1, 0.15) is 0 Å². The van der Waals surface area contributed by atoms with Crippen molar-refractivity contribution in [3.05, 3.63) is 29.8 Å². The molecule has 1 aromatic rings. The zero-order valence-corrected chi connectivity index (χ0v) is 18.1. The van der Waals surface area contributed by atoms with Gasteiger partial charge in [0.15, 0.2) is 5.96 Å². The maximum Gasteiger partial charge on any atom is 0.238 e.